The minimum atomic E-state index is 0.213. The van der Waals surface area contributed by atoms with Crippen molar-refractivity contribution in [1.82, 2.24) is 9.80 Å². The van der Waals surface area contributed by atoms with Gasteiger partial charge in [0.2, 0.25) is 0 Å². The van der Waals surface area contributed by atoms with Crippen LogP contribution in [0.2, 0.25) is 0 Å². The number of carbonyl (C=O) groups is 1. The minimum absolute atomic E-state index is 0.213. The van der Waals surface area contributed by atoms with Gasteiger partial charge in [0.05, 0.1) is 0 Å². The molecule has 0 aliphatic carbocycles. The lowest BCUT2D eigenvalue weighted by Crippen LogP contribution is -2.20. The van der Waals surface area contributed by atoms with E-state index in [1.807, 2.05) is 0 Å². The predicted octanol–water partition coefficient (Wildman–Crippen LogP) is 2.09. The highest BCUT2D eigenvalue weighted by molar-refractivity contribution is 8.13. The van der Waals surface area contributed by atoms with Crippen LogP contribution in [0.1, 0.15) is 20.8 Å². The van der Waals surface area contributed by atoms with Crippen LogP contribution in [0.3, 0.4) is 0 Å². The van der Waals surface area contributed by atoms with E-state index in [1.54, 1.807) is 6.92 Å². The van der Waals surface area contributed by atoms with E-state index in [2.05, 4.69) is 50.4 Å². The third-order valence-corrected chi connectivity index (χ3v) is 3.33. The van der Waals surface area contributed by atoms with Gasteiger partial charge in [-0.3, -0.25) is 4.79 Å². The third-order valence-electron chi connectivity index (χ3n) is 2.34. The van der Waals surface area contributed by atoms with Crippen molar-refractivity contribution in [3.05, 3.63) is 0 Å². The first-order valence-electron chi connectivity index (χ1n) is 6.09. The molecule has 0 aliphatic rings. The van der Waals surface area contributed by atoms with E-state index in [-0.39, 0.29) is 5.12 Å². The standard InChI is InChI=1S/C7H15NOS.C5H13NS/c1-4-8(3)5-6-10-7(2)9;1-3-6(2)4-5-7/h4-6H2,1-3H3;7H,3-5H2,1-2H3. The van der Waals surface area contributed by atoms with Crippen LogP contribution >= 0.6 is 24.4 Å². The fraction of sp³-hybridized carbons (Fsp3) is 0.917. The summed E-state index contributed by atoms with van der Waals surface area (Å²) in [5.41, 5.74) is 0. The minimum Gasteiger partial charge on any atom is -0.306 e. The van der Waals surface area contributed by atoms with Crippen LogP contribution in [0.4, 0.5) is 0 Å². The van der Waals surface area contributed by atoms with Crippen molar-refractivity contribution in [2.45, 2.75) is 20.8 Å². The Bertz CT molecular complexity index is 180. The monoisotopic (exact) mass is 280 g/mol. The van der Waals surface area contributed by atoms with Crippen LogP contribution in [-0.2, 0) is 4.79 Å². The fourth-order valence-corrected chi connectivity index (χ4v) is 1.86. The maximum atomic E-state index is 10.5. The molecule has 0 bridgehead atoms. The summed E-state index contributed by atoms with van der Waals surface area (Å²) >= 11 is 5.47. The van der Waals surface area contributed by atoms with Crippen molar-refractivity contribution in [3.8, 4) is 0 Å². The first kappa shape index (κ1) is 19.6. The molecule has 0 unspecified atom stereocenters. The van der Waals surface area contributed by atoms with E-state index in [4.69, 9.17) is 0 Å². The summed E-state index contributed by atoms with van der Waals surface area (Å²) in [5, 5.41) is 0.213. The van der Waals surface area contributed by atoms with Crippen molar-refractivity contribution in [3.63, 3.8) is 0 Å². The predicted molar refractivity (Wildman–Crippen MR) is 83.3 cm³/mol. The lowest BCUT2D eigenvalue weighted by atomic mass is 10.6. The molecule has 0 spiro atoms. The molecule has 0 amide bonds. The number of rotatable bonds is 7. The molecule has 0 fully saturated rings. The summed E-state index contributed by atoms with van der Waals surface area (Å²) in [7, 11) is 4.15. The summed E-state index contributed by atoms with van der Waals surface area (Å²) in [6.07, 6.45) is 0. The SMILES string of the molecule is CCN(C)CCS.CCN(C)CCSC(C)=O. The van der Waals surface area contributed by atoms with E-state index >= 15 is 0 Å². The maximum Gasteiger partial charge on any atom is 0.185 e. The number of nitrogens with zero attached hydrogens (tertiary/aromatic N) is 2. The Labute approximate surface area is 117 Å². The largest absolute Gasteiger partial charge is 0.306 e. The van der Waals surface area contributed by atoms with Gasteiger partial charge in [-0.15, -0.1) is 0 Å². The molecule has 0 aromatic rings. The van der Waals surface area contributed by atoms with Crippen molar-refractivity contribution < 1.29 is 4.79 Å². The summed E-state index contributed by atoms with van der Waals surface area (Å²) in [6, 6.07) is 0. The molecule has 0 atom stereocenters. The molecule has 0 N–H and O–H groups in total. The van der Waals surface area contributed by atoms with Gasteiger partial charge in [0.15, 0.2) is 5.12 Å². The van der Waals surface area contributed by atoms with Gasteiger partial charge in [-0.2, -0.15) is 12.6 Å². The molecule has 5 heteroatoms. The van der Waals surface area contributed by atoms with Gasteiger partial charge in [-0.25, -0.2) is 0 Å². The highest BCUT2D eigenvalue weighted by Gasteiger charge is 1.96. The van der Waals surface area contributed by atoms with Gasteiger partial charge < -0.3 is 9.80 Å². The Hall–Kier alpha value is 0.290. The Morgan fingerprint density at radius 3 is 1.88 bits per heavy atom. The third kappa shape index (κ3) is 18.8. The molecule has 0 heterocycles. The van der Waals surface area contributed by atoms with Crippen molar-refractivity contribution in [1.29, 1.82) is 0 Å². The molecular weight excluding hydrogens is 252 g/mol. The molecule has 0 saturated heterocycles. The average Bonchev–Trinajstić information content (AvgIpc) is 2.29. The second-order valence-electron chi connectivity index (χ2n) is 3.86. The zero-order chi connectivity index (χ0) is 13.7. The first-order chi connectivity index (χ1) is 7.97. The first-order valence-corrected chi connectivity index (χ1v) is 7.70. The van der Waals surface area contributed by atoms with Crippen LogP contribution in [0, 0.1) is 0 Å². The second kappa shape index (κ2) is 14.4. The van der Waals surface area contributed by atoms with Gasteiger partial charge in [0, 0.05) is 31.5 Å². The highest BCUT2D eigenvalue weighted by Crippen LogP contribution is 2.00. The van der Waals surface area contributed by atoms with Crippen molar-refractivity contribution in [2.75, 3.05) is 51.8 Å². The molecule has 0 radical (unpaired) electrons. The van der Waals surface area contributed by atoms with E-state index in [9.17, 15) is 4.79 Å². The van der Waals surface area contributed by atoms with Gasteiger partial charge in [-0.05, 0) is 27.2 Å². The van der Waals surface area contributed by atoms with E-state index in [0.717, 1.165) is 37.7 Å². The lowest BCUT2D eigenvalue weighted by Gasteiger charge is -2.11. The molecule has 104 valence electrons. The number of thiol groups is 1. The zero-order valence-corrected chi connectivity index (χ0v) is 13.6. The maximum absolute atomic E-state index is 10.5. The van der Waals surface area contributed by atoms with Gasteiger partial charge in [-0.1, -0.05) is 25.6 Å². The Balaban J connectivity index is 0. The van der Waals surface area contributed by atoms with Gasteiger partial charge in [0.25, 0.3) is 0 Å². The van der Waals surface area contributed by atoms with Crippen molar-refractivity contribution in [2.24, 2.45) is 0 Å². The number of thioether (sulfide) groups is 1. The Kier molecular flexibility index (Phi) is 16.6. The number of carbonyl (C=O) groups excluding carboxylic acids is 1. The second-order valence-corrected chi connectivity index (χ2v) is 5.57. The van der Waals surface area contributed by atoms with Crippen LogP contribution < -0.4 is 0 Å². The summed E-state index contributed by atoms with van der Waals surface area (Å²) in [4.78, 5) is 14.9. The Morgan fingerprint density at radius 1 is 1.12 bits per heavy atom. The van der Waals surface area contributed by atoms with Gasteiger partial charge >= 0.3 is 0 Å². The normalized spacial score (nSPS) is 10.4. The average molecular weight is 281 g/mol. The van der Waals surface area contributed by atoms with Crippen LogP contribution in [0.15, 0.2) is 0 Å². The van der Waals surface area contributed by atoms with Crippen LogP contribution in [0.5, 0.6) is 0 Å². The van der Waals surface area contributed by atoms with Crippen LogP contribution in [0.25, 0.3) is 0 Å². The summed E-state index contributed by atoms with van der Waals surface area (Å²) in [5.74, 6) is 1.88. The number of hydrogen-bond acceptors (Lipinski definition) is 5. The van der Waals surface area contributed by atoms with Crippen molar-refractivity contribution >= 4 is 29.5 Å². The lowest BCUT2D eigenvalue weighted by molar-refractivity contribution is -0.109. The quantitative estimate of drug-likeness (QED) is 0.722. The molecular formula is C12H28N2OS2. The highest BCUT2D eigenvalue weighted by atomic mass is 32.2. The topological polar surface area (TPSA) is 23.6 Å². The van der Waals surface area contributed by atoms with E-state index in [1.165, 1.54) is 11.8 Å². The molecule has 0 aromatic heterocycles. The molecule has 0 rings (SSSR count). The van der Waals surface area contributed by atoms with Crippen LogP contribution in [-0.4, -0.2) is 66.7 Å². The molecule has 0 aromatic carbocycles. The number of hydrogen-bond donors (Lipinski definition) is 1. The summed E-state index contributed by atoms with van der Waals surface area (Å²) in [6.45, 7) is 10.1. The van der Waals surface area contributed by atoms with E-state index in [0.29, 0.717) is 0 Å². The zero-order valence-electron chi connectivity index (χ0n) is 11.9. The molecule has 17 heavy (non-hydrogen) atoms. The summed E-state index contributed by atoms with van der Waals surface area (Å²) < 4.78 is 0. The van der Waals surface area contributed by atoms with E-state index < -0.39 is 0 Å². The smallest absolute Gasteiger partial charge is 0.185 e. The fourth-order valence-electron chi connectivity index (χ4n) is 0.832. The molecule has 3 nitrogen and oxygen atoms in total. The van der Waals surface area contributed by atoms with Gasteiger partial charge in [0.1, 0.15) is 0 Å². The Morgan fingerprint density at radius 2 is 1.59 bits per heavy atom. The molecule has 0 saturated carbocycles. The molecule has 0 aliphatic heterocycles.